The molecule has 0 fully saturated rings. The average molecular weight is 648 g/mol. The zero-order valence-corrected chi connectivity index (χ0v) is 23.8. The summed E-state index contributed by atoms with van der Waals surface area (Å²) < 4.78 is 12.5. The maximum absolute atomic E-state index is 12.4. The van der Waals surface area contributed by atoms with Crippen molar-refractivity contribution in [3.63, 3.8) is 0 Å². The molecule has 0 radical (unpaired) electrons. The third-order valence-electron chi connectivity index (χ3n) is 5.26. The van der Waals surface area contributed by atoms with Crippen LogP contribution in [-0.2, 0) is 4.79 Å². The number of fused-ring (bicyclic) bond motifs is 1. The van der Waals surface area contributed by atoms with E-state index in [1.165, 1.54) is 12.2 Å². The minimum Gasteiger partial charge on any atom is -0.457 e. The predicted octanol–water partition coefficient (Wildman–Crippen LogP) is 9.00. The maximum Gasteiger partial charge on any atom is 0.250 e. The van der Waals surface area contributed by atoms with Crippen molar-refractivity contribution in [2.75, 3.05) is 5.32 Å². The highest BCUT2D eigenvalue weighted by atomic mass is 79.9. The zero-order chi connectivity index (χ0) is 26.8. The molecule has 2 heterocycles. The summed E-state index contributed by atoms with van der Waals surface area (Å²) in [5.41, 5.74) is 3.17. The normalized spacial score (nSPS) is 11.3. The summed E-state index contributed by atoms with van der Waals surface area (Å²) >= 11 is 27.2. The molecule has 5 aromatic rings. The van der Waals surface area contributed by atoms with Gasteiger partial charge in [-0.1, -0.05) is 50.7 Å². The van der Waals surface area contributed by atoms with Crippen LogP contribution in [0.15, 0.2) is 86.1 Å². The van der Waals surface area contributed by atoms with Gasteiger partial charge in [0.05, 0.1) is 15.6 Å². The summed E-state index contributed by atoms with van der Waals surface area (Å²) in [6.07, 6.45) is 2.84. The lowest BCUT2D eigenvalue weighted by Crippen LogP contribution is -2.32. The Morgan fingerprint density at radius 1 is 0.921 bits per heavy atom. The third kappa shape index (κ3) is 6.11. The van der Waals surface area contributed by atoms with Gasteiger partial charge in [0.2, 0.25) is 11.8 Å². The Kier molecular flexibility index (Phi) is 7.88. The molecule has 0 spiro atoms. The molecule has 0 saturated heterocycles. The lowest BCUT2D eigenvalue weighted by atomic mass is 10.2. The molecule has 11 heteroatoms. The summed E-state index contributed by atoms with van der Waals surface area (Å²) in [5.74, 6) is 0.985. The Hall–Kier alpha value is -3.14. The summed E-state index contributed by atoms with van der Waals surface area (Å²) in [7, 11) is 0. The molecule has 0 saturated carbocycles. The second-order valence-electron chi connectivity index (χ2n) is 7.93. The third-order valence-corrected chi connectivity index (χ3v) is 6.84. The highest BCUT2D eigenvalue weighted by Crippen LogP contribution is 2.33. The van der Waals surface area contributed by atoms with Gasteiger partial charge in [-0.05, 0) is 85.0 Å². The van der Waals surface area contributed by atoms with Crippen LogP contribution in [0.4, 0.5) is 5.69 Å². The van der Waals surface area contributed by atoms with Crippen molar-refractivity contribution in [2.45, 2.75) is 0 Å². The molecule has 0 aliphatic heterocycles. The first-order valence-corrected chi connectivity index (χ1v) is 13.3. The molecule has 38 heavy (non-hydrogen) atoms. The van der Waals surface area contributed by atoms with E-state index in [-0.39, 0.29) is 5.11 Å². The van der Waals surface area contributed by atoms with Crippen LogP contribution in [0.1, 0.15) is 5.76 Å². The predicted molar refractivity (Wildman–Crippen MR) is 160 cm³/mol. The number of furan rings is 1. The van der Waals surface area contributed by atoms with Gasteiger partial charge in [-0.25, -0.2) is 4.98 Å². The number of aromatic nitrogens is 1. The van der Waals surface area contributed by atoms with Gasteiger partial charge in [-0.15, -0.1) is 0 Å². The number of nitrogens with zero attached hydrogens (tertiary/aromatic N) is 1. The Morgan fingerprint density at radius 3 is 2.58 bits per heavy atom. The Balaban J connectivity index is 1.22. The molecule has 0 aliphatic rings. The van der Waals surface area contributed by atoms with Gasteiger partial charge in [-0.3, -0.25) is 10.1 Å². The number of hydrogen-bond acceptors (Lipinski definition) is 5. The van der Waals surface area contributed by atoms with E-state index in [1.54, 1.807) is 54.6 Å². The van der Waals surface area contributed by atoms with Crippen molar-refractivity contribution in [1.29, 1.82) is 0 Å². The molecule has 5 rings (SSSR count). The smallest absolute Gasteiger partial charge is 0.250 e. The summed E-state index contributed by atoms with van der Waals surface area (Å²) in [6.45, 7) is 0. The number of nitrogens with one attached hydrogen (secondary N) is 2. The van der Waals surface area contributed by atoms with Gasteiger partial charge in [0.1, 0.15) is 17.0 Å². The molecule has 190 valence electrons. The number of thiocarbonyl (C=S) groups is 1. The van der Waals surface area contributed by atoms with Gasteiger partial charge < -0.3 is 14.2 Å². The van der Waals surface area contributed by atoms with E-state index in [9.17, 15) is 4.79 Å². The van der Waals surface area contributed by atoms with E-state index in [1.807, 2.05) is 12.1 Å². The molecule has 6 nitrogen and oxygen atoms in total. The zero-order valence-electron chi connectivity index (χ0n) is 19.1. The fourth-order valence-electron chi connectivity index (χ4n) is 3.53. The number of benzene rings is 3. The fraction of sp³-hybridized carbons (Fsp3) is 0. The van der Waals surface area contributed by atoms with E-state index >= 15 is 0 Å². The molecular weight excluding hydrogens is 633 g/mol. The largest absolute Gasteiger partial charge is 0.457 e. The van der Waals surface area contributed by atoms with E-state index in [2.05, 4.69) is 31.5 Å². The number of anilines is 1. The maximum atomic E-state index is 12.4. The molecule has 1 amide bonds. The van der Waals surface area contributed by atoms with Crippen molar-refractivity contribution >= 4 is 96.8 Å². The van der Waals surface area contributed by atoms with Crippen LogP contribution in [0, 0.1) is 0 Å². The van der Waals surface area contributed by atoms with Gasteiger partial charge in [-0.2, -0.15) is 0 Å². The molecule has 0 aliphatic carbocycles. The number of hydrogen-bond donors (Lipinski definition) is 2. The molecule has 0 atom stereocenters. The number of halogens is 4. The second-order valence-corrected chi connectivity index (χ2v) is 10.5. The SMILES string of the molecule is O=C(/C=C/c1ccc(-c2ccc(Cl)cc2Cl)o1)NC(=S)Nc1ccc2oc(-c3cc(Br)ccc3Cl)nc2c1. The molecule has 3 aromatic carbocycles. The van der Waals surface area contributed by atoms with Crippen molar-refractivity contribution in [2.24, 2.45) is 0 Å². The van der Waals surface area contributed by atoms with Crippen LogP contribution in [0.5, 0.6) is 0 Å². The first-order chi connectivity index (χ1) is 18.2. The molecule has 0 unspecified atom stereocenters. The number of carbonyl (C=O) groups excluding carboxylic acids is 1. The first-order valence-electron chi connectivity index (χ1n) is 11.0. The van der Waals surface area contributed by atoms with Crippen molar-refractivity contribution in [3.05, 3.63) is 98.1 Å². The molecule has 2 aromatic heterocycles. The van der Waals surface area contributed by atoms with Crippen LogP contribution >= 0.6 is 63.0 Å². The Labute approximate surface area is 245 Å². The summed E-state index contributed by atoms with van der Waals surface area (Å²) in [6, 6.07) is 19.3. The van der Waals surface area contributed by atoms with Crippen LogP contribution < -0.4 is 10.6 Å². The highest BCUT2D eigenvalue weighted by molar-refractivity contribution is 9.10. The van der Waals surface area contributed by atoms with Crippen molar-refractivity contribution in [3.8, 4) is 22.8 Å². The minimum atomic E-state index is -0.431. The quantitative estimate of drug-likeness (QED) is 0.146. The second kappa shape index (κ2) is 11.3. The average Bonchev–Trinajstić information content (AvgIpc) is 3.51. The van der Waals surface area contributed by atoms with Gasteiger partial charge in [0, 0.05) is 26.8 Å². The minimum absolute atomic E-state index is 0.117. The van der Waals surface area contributed by atoms with Crippen LogP contribution in [0.2, 0.25) is 15.1 Å². The fourth-order valence-corrected chi connectivity index (χ4v) is 4.81. The summed E-state index contributed by atoms with van der Waals surface area (Å²) in [5, 5.41) is 7.20. The van der Waals surface area contributed by atoms with Crippen LogP contribution in [0.25, 0.3) is 40.0 Å². The Bertz CT molecular complexity index is 1730. The van der Waals surface area contributed by atoms with E-state index in [4.69, 9.17) is 55.9 Å². The van der Waals surface area contributed by atoms with E-state index in [0.29, 0.717) is 60.4 Å². The van der Waals surface area contributed by atoms with Gasteiger partial charge >= 0.3 is 0 Å². The first kappa shape index (κ1) is 26.5. The number of rotatable bonds is 5. The molecule has 2 N–H and O–H groups in total. The van der Waals surface area contributed by atoms with Crippen molar-refractivity contribution in [1.82, 2.24) is 10.3 Å². The standard InChI is InChI=1S/C27H15BrCl3N3O3S/c28-14-1-7-20(30)19(11-14)26-33-22-13-16(3-8-24(22)37-26)32-27(38)34-25(35)10-5-17-4-9-23(36-17)18-6-2-15(29)12-21(18)31/h1-13H,(H2,32,34,35,38)/b10-5+. The Morgan fingerprint density at radius 2 is 1.76 bits per heavy atom. The van der Waals surface area contributed by atoms with Gasteiger partial charge in [0.15, 0.2) is 10.7 Å². The van der Waals surface area contributed by atoms with E-state index in [0.717, 1.165) is 4.47 Å². The lowest BCUT2D eigenvalue weighted by molar-refractivity contribution is -0.115. The summed E-state index contributed by atoms with van der Waals surface area (Å²) in [4.78, 5) is 16.9. The number of oxazole rings is 1. The monoisotopic (exact) mass is 645 g/mol. The van der Waals surface area contributed by atoms with Gasteiger partial charge in [0.25, 0.3) is 0 Å². The molecule has 0 bridgehead atoms. The molecular formula is C27H15BrCl3N3O3S. The lowest BCUT2D eigenvalue weighted by Gasteiger charge is -2.07. The topological polar surface area (TPSA) is 80.3 Å². The number of amides is 1. The van der Waals surface area contributed by atoms with E-state index < -0.39 is 5.91 Å². The number of carbonyl (C=O) groups is 1. The van der Waals surface area contributed by atoms with Crippen molar-refractivity contribution < 1.29 is 13.6 Å². The van der Waals surface area contributed by atoms with Crippen LogP contribution in [-0.4, -0.2) is 16.0 Å². The highest BCUT2D eigenvalue weighted by Gasteiger charge is 2.13. The van der Waals surface area contributed by atoms with Crippen LogP contribution in [0.3, 0.4) is 0 Å².